The molecule has 2 rings (SSSR count). The van der Waals surface area contributed by atoms with Crippen molar-refractivity contribution in [3.05, 3.63) is 81.9 Å². The molecular weight excluding hydrogens is 254 g/mol. The molecule has 0 unspecified atom stereocenters. The molecule has 0 aliphatic carbocycles. The van der Waals surface area contributed by atoms with E-state index in [1.165, 1.54) is 0 Å². The van der Waals surface area contributed by atoms with Crippen LogP contribution in [-0.2, 0) is 12.8 Å². The zero-order valence-electron chi connectivity index (χ0n) is 11.1. The number of benzene rings is 2. The second kappa shape index (κ2) is 6.82. The van der Waals surface area contributed by atoms with Crippen LogP contribution in [-0.4, -0.2) is 22.2 Å². The summed E-state index contributed by atoms with van der Waals surface area (Å²) in [6.07, 6.45) is -0.464. The highest BCUT2D eigenvalue weighted by Gasteiger charge is 2.30. The molecule has 0 bridgehead atoms. The summed E-state index contributed by atoms with van der Waals surface area (Å²) >= 11 is 0. The van der Waals surface area contributed by atoms with Gasteiger partial charge in [0.2, 0.25) is 6.04 Å². The summed E-state index contributed by atoms with van der Waals surface area (Å²) in [6.45, 7) is 0. The van der Waals surface area contributed by atoms with E-state index in [-0.39, 0.29) is 11.3 Å². The number of hydrogen-bond donors (Lipinski definition) is 1. The standard InChI is InChI=1S/C16H17NO3/c18-16(12-14-9-5-2-6-10-14)15(17(19)20)11-13-7-3-1-4-8-13/h1-10,15-16,18H,11-12H2/t15-,16-/m1/s1. The lowest BCUT2D eigenvalue weighted by Crippen LogP contribution is -2.37. The van der Waals surface area contributed by atoms with Crippen LogP contribution < -0.4 is 0 Å². The second-order valence-electron chi connectivity index (χ2n) is 4.80. The molecule has 0 aliphatic rings. The van der Waals surface area contributed by atoms with Crippen LogP contribution in [0.1, 0.15) is 11.1 Å². The first kappa shape index (κ1) is 14.2. The van der Waals surface area contributed by atoms with Gasteiger partial charge in [-0.1, -0.05) is 60.7 Å². The summed E-state index contributed by atoms with van der Waals surface area (Å²) in [7, 11) is 0. The van der Waals surface area contributed by atoms with Gasteiger partial charge in [-0.3, -0.25) is 10.1 Å². The molecule has 2 atom stereocenters. The van der Waals surface area contributed by atoms with Gasteiger partial charge in [-0.25, -0.2) is 0 Å². The molecule has 0 aromatic heterocycles. The molecule has 1 N–H and O–H groups in total. The quantitative estimate of drug-likeness (QED) is 0.648. The van der Waals surface area contributed by atoms with Crippen LogP contribution in [0.5, 0.6) is 0 Å². The Labute approximate surface area is 117 Å². The number of aliphatic hydroxyl groups is 1. The zero-order chi connectivity index (χ0) is 14.4. The number of rotatable bonds is 6. The first-order valence-corrected chi connectivity index (χ1v) is 6.56. The van der Waals surface area contributed by atoms with Crippen molar-refractivity contribution in [2.75, 3.05) is 0 Å². The van der Waals surface area contributed by atoms with Crippen LogP contribution in [0.15, 0.2) is 60.7 Å². The highest BCUT2D eigenvalue weighted by Crippen LogP contribution is 2.13. The van der Waals surface area contributed by atoms with Gasteiger partial charge in [0.05, 0.1) is 0 Å². The number of nitrogens with zero attached hydrogens (tertiary/aromatic N) is 1. The fourth-order valence-corrected chi connectivity index (χ4v) is 2.20. The molecule has 2 aromatic carbocycles. The first-order valence-electron chi connectivity index (χ1n) is 6.56. The Balaban J connectivity index is 2.06. The van der Waals surface area contributed by atoms with Crippen LogP contribution in [0.25, 0.3) is 0 Å². The summed E-state index contributed by atoms with van der Waals surface area (Å²) in [6, 6.07) is 17.6. The zero-order valence-corrected chi connectivity index (χ0v) is 11.1. The van der Waals surface area contributed by atoms with E-state index in [2.05, 4.69) is 0 Å². The van der Waals surface area contributed by atoms with Gasteiger partial charge in [0.25, 0.3) is 0 Å². The number of hydrogen-bond acceptors (Lipinski definition) is 3. The Morgan fingerprint density at radius 2 is 1.35 bits per heavy atom. The monoisotopic (exact) mass is 271 g/mol. The van der Waals surface area contributed by atoms with Gasteiger partial charge in [0.1, 0.15) is 6.10 Å². The second-order valence-corrected chi connectivity index (χ2v) is 4.80. The lowest BCUT2D eigenvalue weighted by Gasteiger charge is -2.16. The minimum Gasteiger partial charge on any atom is -0.386 e. The normalized spacial score (nSPS) is 13.7. The third-order valence-electron chi connectivity index (χ3n) is 3.29. The smallest absolute Gasteiger partial charge is 0.242 e. The lowest BCUT2D eigenvalue weighted by atomic mass is 9.97. The van der Waals surface area contributed by atoms with Gasteiger partial charge in [-0.05, 0) is 11.1 Å². The SMILES string of the molecule is O=[N+]([O-])[C@H](Cc1ccccc1)[C@H](O)Cc1ccccc1. The van der Waals surface area contributed by atoms with E-state index in [4.69, 9.17) is 0 Å². The Hall–Kier alpha value is -2.20. The summed E-state index contributed by atoms with van der Waals surface area (Å²) < 4.78 is 0. The van der Waals surface area contributed by atoms with E-state index < -0.39 is 12.1 Å². The summed E-state index contributed by atoms with van der Waals surface area (Å²) in [5.41, 5.74) is 1.77. The maximum absolute atomic E-state index is 11.2. The van der Waals surface area contributed by atoms with Gasteiger partial charge >= 0.3 is 0 Å². The van der Waals surface area contributed by atoms with Gasteiger partial charge in [-0.15, -0.1) is 0 Å². The molecule has 0 amide bonds. The van der Waals surface area contributed by atoms with Crippen LogP contribution in [0, 0.1) is 10.1 Å². The minimum atomic E-state index is -0.993. The van der Waals surface area contributed by atoms with Crippen molar-refractivity contribution in [3.63, 3.8) is 0 Å². The third-order valence-corrected chi connectivity index (χ3v) is 3.29. The molecule has 0 fully saturated rings. The molecule has 0 aliphatic heterocycles. The molecular formula is C16H17NO3. The molecule has 0 saturated carbocycles. The summed E-state index contributed by atoms with van der Waals surface area (Å²) in [4.78, 5) is 10.8. The Morgan fingerprint density at radius 3 is 1.80 bits per heavy atom. The maximum atomic E-state index is 11.2. The molecule has 0 heterocycles. The molecule has 0 saturated heterocycles. The van der Waals surface area contributed by atoms with Crippen molar-refractivity contribution in [1.82, 2.24) is 0 Å². The van der Waals surface area contributed by atoms with E-state index >= 15 is 0 Å². The van der Waals surface area contributed by atoms with Crippen molar-refractivity contribution in [2.45, 2.75) is 25.0 Å². The van der Waals surface area contributed by atoms with Crippen molar-refractivity contribution < 1.29 is 10.0 Å². The fourth-order valence-electron chi connectivity index (χ4n) is 2.20. The Kier molecular flexibility index (Phi) is 4.85. The Bertz CT molecular complexity index is 542. The highest BCUT2D eigenvalue weighted by molar-refractivity contribution is 5.18. The van der Waals surface area contributed by atoms with Gasteiger partial charge < -0.3 is 5.11 Å². The summed E-state index contributed by atoms with van der Waals surface area (Å²) in [5.74, 6) is 0. The minimum absolute atomic E-state index is 0.238. The van der Waals surface area contributed by atoms with Crippen LogP contribution in [0.2, 0.25) is 0 Å². The van der Waals surface area contributed by atoms with Crippen molar-refractivity contribution in [1.29, 1.82) is 0 Å². The van der Waals surface area contributed by atoms with Gasteiger partial charge in [0.15, 0.2) is 0 Å². The molecule has 4 heteroatoms. The lowest BCUT2D eigenvalue weighted by molar-refractivity contribution is -0.533. The van der Waals surface area contributed by atoms with Crippen LogP contribution >= 0.6 is 0 Å². The predicted octanol–water partition coefficient (Wildman–Crippen LogP) is 2.48. The van der Waals surface area contributed by atoms with E-state index in [1.54, 1.807) is 0 Å². The van der Waals surface area contributed by atoms with E-state index in [0.717, 1.165) is 11.1 Å². The maximum Gasteiger partial charge on any atom is 0.242 e. The topological polar surface area (TPSA) is 63.4 Å². The highest BCUT2D eigenvalue weighted by atomic mass is 16.6. The van der Waals surface area contributed by atoms with E-state index in [9.17, 15) is 15.2 Å². The third kappa shape index (κ3) is 3.90. The number of nitro groups is 1. The average molecular weight is 271 g/mol. The van der Waals surface area contributed by atoms with Crippen LogP contribution in [0.4, 0.5) is 0 Å². The van der Waals surface area contributed by atoms with Crippen LogP contribution in [0.3, 0.4) is 0 Å². The predicted molar refractivity (Wildman–Crippen MR) is 77.1 cm³/mol. The average Bonchev–Trinajstić information content (AvgIpc) is 2.46. The molecule has 0 spiro atoms. The molecule has 4 nitrogen and oxygen atoms in total. The first-order chi connectivity index (χ1) is 9.66. The van der Waals surface area contributed by atoms with Gasteiger partial charge in [0, 0.05) is 17.8 Å². The van der Waals surface area contributed by atoms with E-state index in [1.807, 2.05) is 60.7 Å². The van der Waals surface area contributed by atoms with Crippen molar-refractivity contribution >= 4 is 0 Å². The Morgan fingerprint density at radius 1 is 0.900 bits per heavy atom. The molecule has 0 radical (unpaired) electrons. The van der Waals surface area contributed by atoms with E-state index in [0.29, 0.717) is 6.42 Å². The molecule has 2 aromatic rings. The molecule has 20 heavy (non-hydrogen) atoms. The number of aliphatic hydroxyl groups excluding tert-OH is 1. The van der Waals surface area contributed by atoms with Crippen molar-refractivity contribution in [3.8, 4) is 0 Å². The summed E-state index contributed by atoms with van der Waals surface area (Å²) in [5, 5.41) is 21.3. The van der Waals surface area contributed by atoms with Gasteiger partial charge in [-0.2, -0.15) is 0 Å². The fraction of sp³-hybridized carbons (Fsp3) is 0.250. The molecule has 104 valence electrons. The largest absolute Gasteiger partial charge is 0.386 e. The van der Waals surface area contributed by atoms with Crippen molar-refractivity contribution in [2.24, 2.45) is 0 Å².